The van der Waals surface area contributed by atoms with E-state index in [4.69, 9.17) is 5.73 Å². The number of carbonyl (C=O) groups excluding carboxylic acids is 1. The van der Waals surface area contributed by atoms with Gasteiger partial charge in [0.1, 0.15) is 17.7 Å². The predicted octanol–water partition coefficient (Wildman–Crippen LogP) is 1.10. The Morgan fingerprint density at radius 3 is 2.68 bits per heavy atom. The molecule has 0 aromatic carbocycles. The van der Waals surface area contributed by atoms with E-state index in [1.54, 1.807) is 6.92 Å². The molecular weight excluding hydrogens is 250 g/mol. The van der Waals surface area contributed by atoms with Crippen LogP contribution in [0.1, 0.15) is 20.3 Å². The number of hydrogen-bond acceptors (Lipinski definition) is 6. The molecule has 8 nitrogen and oxygen atoms in total. The second-order valence-electron chi connectivity index (χ2n) is 4.05. The van der Waals surface area contributed by atoms with Crippen LogP contribution in [-0.4, -0.2) is 28.4 Å². The average molecular weight is 267 g/mol. The van der Waals surface area contributed by atoms with Gasteiger partial charge in [-0.15, -0.1) is 0 Å². The SMILES string of the molecule is CCCNc1cc([N+](=O)[O-])cc(NC(C)C(N)=O)n1. The quantitative estimate of drug-likeness (QED) is 0.502. The van der Waals surface area contributed by atoms with Crippen molar-refractivity contribution in [2.24, 2.45) is 5.73 Å². The van der Waals surface area contributed by atoms with Crippen molar-refractivity contribution in [2.75, 3.05) is 17.2 Å². The minimum Gasteiger partial charge on any atom is -0.370 e. The van der Waals surface area contributed by atoms with Crippen molar-refractivity contribution >= 4 is 23.2 Å². The lowest BCUT2D eigenvalue weighted by Crippen LogP contribution is -2.32. The van der Waals surface area contributed by atoms with Crippen LogP contribution in [0.3, 0.4) is 0 Å². The van der Waals surface area contributed by atoms with E-state index in [2.05, 4.69) is 15.6 Å². The van der Waals surface area contributed by atoms with Gasteiger partial charge in [0.25, 0.3) is 5.69 Å². The van der Waals surface area contributed by atoms with Gasteiger partial charge in [-0.2, -0.15) is 0 Å². The highest BCUT2D eigenvalue weighted by Crippen LogP contribution is 2.21. The topological polar surface area (TPSA) is 123 Å². The fraction of sp³-hybridized carbons (Fsp3) is 0.455. The molecule has 19 heavy (non-hydrogen) atoms. The molecule has 0 aliphatic rings. The van der Waals surface area contributed by atoms with Gasteiger partial charge in [0.05, 0.1) is 17.1 Å². The highest BCUT2D eigenvalue weighted by molar-refractivity contribution is 5.82. The zero-order chi connectivity index (χ0) is 14.4. The predicted molar refractivity (Wildman–Crippen MR) is 72.0 cm³/mol. The number of nitrogens with one attached hydrogen (secondary N) is 2. The molecule has 104 valence electrons. The lowest BCUT2D eigenvalue weighted by atomic mass is 10.3. The van der Waals surface area contributed by atoms with Gasteiger partial charge in [-0.25, -0.2) is 4.98 Å². The van der Waals surface area contributed by atoms with Crippen molar-refractivity contribution in [3.63, 3.8) is 0 Å². The third kappa shape index (κ3) is 4.41. The van der Waals surface area contributed by atoms with E-state index in [1.807, 2.05) is 6.92 Å². The van der Waals surface area contributed by atoms with Crippen LogP contribution in [0, 0.1) is 10.1 Å². The Labute approximate surface area is 110 Å². The first kappa shape index (κ1) is 14.7. The summed E-state index contributed by atoms with van der Waals surface area (Å²) in [6.07, 6.45) is 0.866. The Kier molecular flexibility index (Phi) is 5.04. The molecule has 4 N–H and O–H groups in total. The van der Waals surface area contributed by atoms with Crippen molar-refractivity contribution in [1.82, 2.24) is 4.98 Å². The zero-order valence-corrected chi connectivity index (χ0v) is 10.8. The summed E-state index contributed by atoms with van der Waals surface area (Å²) in [5.74, 6) is 0.0608. The van der Waals surface area contributed by atoms with Crippen LogP contribution >= 0.6 is 0 Å². The first-order valence-corrected chi connectivity index (χ1v) is 5.90. The van der Waals surface area contributed by atoms with Crippen molar-refractivity contribution in [2.45, 2.75) is 26.3 Å². The molecule has 0 fully saturated rings. The van der Waals surface area contributed by atoms with Crippen LogP contribution in [0.2, 0.25) is 0 Å². The van der Waals surface area contributed by atoms with Crippen molar-refractivity contribution in [1.29, 1.82) is 0 Å². The molecule has 1 unspecified atom stereocenters. The van der Waals surface area contributed by atoms with Gasteiger partial charge < -0.3 is 16.4 Å². The number of nitrogens with zero attached hydrogens (tertiary/aromatic N) is 2. The Morgan fingerprint density at radius 1 is 1.53 bits per heavy atom. The fourth-order valence-corrected chi connectivity index (χ4v) is 1.33. The lowest BCUT2D eigenvalue weighted by molar-refractivity contribution is -0.384. The summed E-state index contributed by atoms with van der Waals surface area (Å²) in [6.45, 7) is 4.18. The number of hydrogen-bond donors (Lipinski definition) is 3. The summed E-state index contributed by atoms with van der Waals surface area (Å²) >= 11 is 0. The van der Waals surface area contributed by atoms with Crippen molar-refractivity contribution < 1.29 is 9.72 Å². The number of nitrogens with two attached hydrogens (primary N) is 1. The first-order chi connectivity index (χ1) is 8.93. The molecule has 0 aliphatic heterocycles. The van der Waals surface area contributed by atoms with Crippen molar-refractivity contribution in [3.8, 4) is 0 Å². The number of carbonyl (C=O) groups is 1. The Balaban J connectivity index is 2.98. The van der Waals surface area contributed by atoms with Crippen LogP contribution in [0.25, 0.3) is 0 Å². The molecule has 1 amide bonds. The largest absolute Gasteiger partial charge is 0.370 e. The van der Waals surface area contributed by atoms with E-state index in [9.17, 15) is 14.9 Å². The minimum absolute atomic E-state index is 0.104. The number of primary amides is 1. The summed E-state index contributed by atoms with van der Waals surface area (Å²) < 4.78 is 0. The summed E-state index contributed by atoms with van der Waals surface area (Å²) in [6, 6.07) is 1.94. The second-order valence-corrected chi connectivity index (χ2v) is 4.05. The van der Waals surface area contributed by atoms with Gasteiger partial charge in [-0.05, 0) is 13.3 Å². The monoisotopic (exact) mass is 267 g/mol. The zero-order valence-electron chi connectivity index (χ0n) is 10.8. The number of pyridine rings is 1. The van der Waals surface area contributed by atoms with Crippen LogP contribution in [0.15, 0.2) is 12.1 Å². The Hall–Kier alpha value is -2.38. The number of amides is 1. The summed E-state index contributed by atoms with van der Waals surface area (Å²) in [7, 11) is 0. The molecular formula is C11H17N5O3. The maximum atomic E-state index is 11.0. The maximum absolute atomic E-state index is 11.0. The standard InChI is InChI=1S/C11H17N5O3/c1-3-4-13-9-5-8(16(18)19)6-10(15-9)14-7(2)11(12)17/h5-7H,3-4H2,1-2H3,(H2,12,17)(H2,13,14,15). The fourth-order valence-electron chi connectivity index (χ4n) is 1.33. The number of anilines is 2. The van der Waals surface area contributed by atoms with Gasteiger partial charge in [0.2, 0.25) is 5.91 Å². The van der Waals surface area contributed by atoms with Crippen LogP contribution in [-0.2, 0) is 4.79 Å². The summed E-state index contributed by atoms with van der Waals surface area (Å²) in [5.41, 5.74) is 5.02. The van der Waals surface area contributed by atoms with Crippen LogP contribution < -0.4 is 16.4 Å². The lowest BCUT2D eigenvalue weighted by Gasteiger charge is -2.12. The molecule has 1 aromatic rings. The Morgan fingerprint density at radius 2 is 2.16 bits per heavy atom. The van der Waals surface area contributed by atoms with Gasteiger partial charge >= 0.3 is 0 Å². The highest BCUT2D eigenvalue weighted by Gasteiger charge is 2.14. The molecule has 0 aliphatic carbocycles. The Bertz CT molecular complexity index is 477. The molecule has 0 saturated carbocycles. The van der Waals surface area contributed by atoms with Gasteiger partial charge in [-0.1, -0.05) is 6.92 Å². The van der Waals surface area contributed by atoms with E-state index >= 15 is 0 Å². The third-order valence-electron chi connectivity index (χ3n) is 2.37. The first-order valence-electron chi connectivity index (χ1n) is 5.90. The molecule has 1 rings (SSSR count). The molecule has 8 heteroatoms. The van der Waals surface area contributed by atoms with Crippen LogP contribution in [0.5, 0.6) is 0 Å². The molecule has 1 atom stereocenters. The molecule has 0 bridgehead atoms. The third-order valence-corrected chi connectivity index (χ3v) is 2.37. The second kappa shape index (κ2) is 6.53. The molecule has 0 spiro atoms. The normalized spacial score (nSPS) is 11.7. The summed E-state index contributed by atoms with van der Waals surface area (Å²) in [4.78, 5) is 25.4. The number of aromatic nitrogens is 1. The average Bonchev–Trinajstić information content (AvgIpc) is 2.35. The van der Waals surface area contributed by atoms with E-state index in [0.29, 0.717) is 12.4 Å². The minimum atomic E-state index is -0.659. The molecule has 1 aromatic heterocycles. The van der Waals surface area contributed by atoms with Gasteiger partial charge in [0.15, 0.2) is 0 Å². The highest BCUT2D eigenvalue weighted by atomic mass is 16.6. The molecule has 1 heterocycles. The van der Waals surface area contributed by atoms with E-state index in [-0.39, 0.29) is 11.5 Å². The van der Waals surface area contributed by atoms with E-state index in [0.717, 1.165) is 6.42 Å². The van der Waals surface area contributed by atoms with Gasteiger partial charge in [0, 0.05) is 6.54 Å². The summed E-state index contributed by atoms with van der Waals surface area (Å²) in [5, 5.41) is 16.5. The number of nitro groups is 1. The van der Waals surface area contributed by atoms with E-state index in [1.165, 1.54) is 12.1 Å². The van der Waals surface area contributed by atoms with Crippen LogP contribution in [0.4, 0.5) is 17.3 Å². The maximum Gasteiger partial charge on any atom is 0.276 e. The molecule has 0 saturated heterocycles. The molecule has 0 radical (unpaired) electrons. The number of rotatable bonds is 7. The van der Waals surface area contributed by atoms with E-state index < -0.39 is 16.9 Å². The van der Waals surface area contributed by atoms with Crippen molar-refractivity contribution in [3.05, 3.63) is 22.2 Å². The smallest absolute Gasteiger partial charge is 0.276 e. The van der Waals surface area contributed by atoms with Gasteiger partial charge in [-0.3, -0.25) is 14.9 Å².